The summed E-state index contributed by atoms with van der Waals surface area (Å²) >= 11 is 0. The monoisotopic (exact) mass is 402 g/mol. The summed E-state index contributed by atoms with van der Waals surface area (Å²) in [6.45, 7) is 20.3. The van der Waals surface area contributed by atoms with Gasteiger partial charge in [0.05, 0.1) is 0 Å². The minimum atomic E-state index is 0.557. The zero-order valence-electron chi connectivity index (χ0n) is 18.6. The predicted octanol–water partition coefficient (Wildman–Crippen LogP) is 6.36. The molecule has 0 bridgehead atoms. The Morgan fingerprint density at radius 1 is 0.967 bits per heavy atom. The Bertz CT molecular complexity index is 776. The van der Waals surface area contributed by atoms with E-state index in [2.05, 4.69) is 60.4 Å². The third-order valence-electron chi connectivity index (χ3n) is 6.59. The molecule has 160 valence electrons. The standard InChI is InChI=1S/C28H38N2/c1-5-7-11-23(3)17-21-29-19-10-14-26-27(29)16-15-25-13-9-20-30(28(25)26)22-18-24(4)12-8-6-2/h5-8,10-12,14,25,27H,1-4,9,13,15-22H2. The molecule has 0 N–H and O–H groups in total. The van der Waals surface area contributed by atoms with Gasteiger partial charge in [-0.25, -0.2) is 0 Å². The fourth-order valence-corrected chi connectivity index (χ4v) is 5.07. The molecule has 3 aliphatic rings. The van der Waals surface area contributed by atoms with Gasteiger partial charge < -0.3 is 4.90 Å². The van der Waals surface area contributed by atoms with E-state index in [0.29, 0.717) is 6.04 Å². The van der Waals surface area contributed by atoms with E-state index in [1.165, 1.54) is 43.4 Å². The number of piperidine rings is 1. The minimum absolute atomic E-state index is 0.557. The topological polar surface area (TPSA) is 6.48 Å². The molecule has 3 rings (SSSR count). The number of allylic oxidation sites excluding steroid dienone is 7. The Kier molecular flexibility index (Phi) is 8.33. The van der Waals surface area contributed by atoms with Crippen LogP contribution in [0.5, 0.6) is 0 Å². The first-order chi connectivity index (χ1) is 14.6. The van der Waals surface area contributed by atoms with Crippen molar-refractivity contribution in [2.75, 3.05) is 26.2 Å². The van der Waals surface area contributed by atoms with E-state index in [9.17, 15) is 0 Å². The lowest BCUT2D eigenvalue weighted by Gasteiger charge is -2.47. The van der Waals surface area contributed by atoms with Crippen molar-refractivity contribution in [3.05, 3.63) is 97.3 Å². The van der Waals surface area contributed by atoms with Crippen LogP contribution in [-0.2, 0) is 0 Å². The lowest BCUT2D eigenvalue weighted by Crippen LogP contribution is -2.46. The Hall–Kier alpha value is -2.32. The molecule has 2 heteroatoms. The molecule has 1 fully saturated rings. The molecule has 2 atom stereocenters. The van der Waals surface area contributed by atoms with Gasteiger partial charge in [-0.1, -0.05) is 86.1 Å². The molecule has 0 aromatic heterocycles. The van der Waals surface area contributed by atoms with Gasteiger partial charge in [0.15, 0.2) is 0 Å². The SMILES string of the molecule is C=CC=CC(=C)CCN1CCCC2CCC3C(=C21)C=CCN3CCC(=C)C=CC=C. The van der Waals surface area contributed by atoms with Crippen LogP contribution in [0.1, 0.15) is 38.5 Å². The molecule has 0 aromatic rings. The fourth-order valence-electron chi connectivity index (χ4n) is 5.07. The van der Waals surface area contributed by atoms with Crippen LogP contribution in [-0.4, -0.2) is 42.0 Å². The van der Waals surface area contributed by atoms with Crippen molar-refractivity contribution in [2.24, 2.45) is 5.92 Å². The highest BCUT2D eigenvalue weighted by molar-refractivity contribution is 5.37. The van der Waals surface area contributed by atoms with Gasteiger partial charge in [0, 0.05) is 37.9 Å². The second kappa shape index (κ2) is 11.2. The first-order valence-electron chi connectivity index (χ1n) is 11.5. The van der Waals surface area contributed by atoms with Gasteiger partial charge >= 0.3 is 0 Å². The number of hydrogen-bond donors (Lipinski definition) is 0. The molecule has 2 unspecified atom stereocenters. The maximum absolute atomic E-state index is 4.22. The van der Waals surface area contributed by atoms with Gasteiger partial charge in [0.25, 0.3) is 0 Å². The van der Waals surface area contributed by atoms with Gasteiger partial charge in [0.1, 0.15) is 0 Å². The summed E-state index contributed by atoms with van der Waals surface area (Å²) in [4.78, 5) is 5.33. The molecule has 1 saturated heterocycles. The fraction of sp³-hybridized carbons (Fsp3) is 0.429. The number of rotatable bonds is 10. The summed E-state index contributed by atoms with van der Waals surface area (Å²) in [6.07, 6.45) is 23.9. The maximum atomic E-state index is 4.22. The smallest absolute Gasteiger partial charge is 0.0368 e. The summed E-state index contributed by atoms with van der Waals surface area (Å²) in [5.74, 6) is 0.733. The zero-order chi connectivity index (χ0) is 21.3. The Morgan fingerprint density at radius 2 is 1.67 bits per heavy atom. The van der Waals surface area contributed by atoms with Crippen LogP contribution in [0.2, 0.25) is 0 Å². The molecule has 0 saturated carbocycles. The third-order valence-corrected chi connectivity index (χ3v) is 6.59. The van der Waals surface area contributed by atoms with Gasteiger partial charge in [-0.2, -0.15) is 0 Å². The van der Waals surface area contributed by atoms with E-state index in [1.54, 1.807) is 11.3 Å². The molecular formula is C28H38N2. The van der Waals surface area contributed by atoms with Crippen LogP contribution in [0.15, 0.2) is 97.3 Å². The normalized spacial score (nSPS) is 24.2. The van der Waals surface area contributed by atoms with Gasteiger partial charge in [-0.05, 0) is 50.0 Å². The van der Waals surface area contributed by atoms with Crippen LogP contribution >= 0.6 is 0 Å². The molecule has 2 nitrogen and oxygen atoms in total. The average molecular weight is 403 g/mol. The quantitative estimate of drug-likeness (QED) is 0.392. The van der Waals surface area contributed by atoms with Crippen LogP contribution in [0, 0.1) is 5.92 Å². The highest BCUT2D eigenvalue weighted by Gasteiger charge is 2.37. The minimum Gasteiger partial charge on any atom is -0.374 e. The first-order valence-corrected chi connectivity index (χ1v) is 11.5. The van der Waals surface area contributed by atoms with Crippen molar-refractivity contribution >= 4 is 0 Å². The van der Waals surface area contributed by atoms with Crippen molar-refractivity contribution in [3.8, 4) is 0 Å². The lowest BCUT2D eigenvalue weighted by molar-refractivity contribution is 0.166. The second-order valence-electron chi connectivity index (χ2n) is 8.66. The summed E-state index contributed by atoms with van der Waals surface area (Å²) < 4.78 is 0. The summed E-state index contributed by atoms with van der Waals surface area (Å²) in [7, 11) is 0. The summed E-state index contributed by atoms with van der Waals surface area (Å²) in [5.41, 5.74) is 5.57. The van der Waals surface area contributed by atoms with Crippen LogP contribution in [0.25, 0.3) is 0 Å². The molecule has 0 amide bonds. The van der Waals surface area contributed by atoms with E-state index in [0.717, 1.165) is 38.4 Å². The predicted molar refractivity (Wildman–Crippen MR) is 131 cm³/mol. The van der Waals surface area contributed by atoms with Crippen molar-refractivity contribution in [1.82, 2.24) is 9.80 Å². The van der Waals surface area contributed by atoms with Crippen molar-refractivity contribution in [3.63, 3.8) is 0 Å². The maximum Gasteiger partial charge on any atom is 0.0368 e. The molecule has 2 aliphatic heterocycles. The second-order valence-corrected chi connectivity index (χ2v) is 8.66. The van der Waals surface area contributed by atoms with E-state index in [4.69, 9.17) is 0 Å². The van der Waals surface area contributed by atoms with Crippen molar-refractivity contribution in [2.45, 2.75) is 44.6 Å². The van der Waals surface area contributed by atoms with Gasteiger partial charge in [-0.15, -0.1) is 0 Å². The lowest BCUT2D eigenvalue weighted by atomic mass is 9.77. The van der Waals surface area contributed by atoms with Gasteiger partial charge in [0.2, 0.25) is 0 Å². The van der Waals surface area contributed by atoms with Gasteiger partial charge in [-0.3, -0.25) is 4.90 Å². The third kappa shape index (κ3) is 5.64. The highest BCUT2D eigenvalue weighted by atomic mass is 15.2. The molecule has 30 heavy (non-hydrogen) atoms. The van der Waals surface area contributed by atoms with Crippen LogP contribution in [0.4, 0.5) is 0 Å². The van der Waals surface area contributed by atoms with Crippen molar-refractivity contribution in [1.29, 1.82) is 0 Å². The van der Waals surface area contributed by atoms with E-state index < -0.39 is 0 Å². The molecule has 1 aliphatic carbocycles. The molecular weight excluding hydrogens is 364 g/mol. The number of likely N-dealkylation sites (tertiary alicyclic amines) is 1. The first kappa shape index (κ1) is 22.4. The average Bonchev–Trinajstić information content (AvgIpc) is 2.78. The van der Waals surface area contributed by atoms with Crippen LogP contribution in [0.3, 0.4) is 0 Å². The largest absolute Gasteiger partial charge is 0.374 e. The van der Waals surface area contributed by atoms with E-state index in [1.807, 2.05) is 24.3 Å². The number of fused-ring (bicyclic) bond motifs is 2. The summed E-state index contributed by atoms with van der Waals surface area (Å²) in [6, 6.07) is 0.557. The van der Waals surface area contributed by atoms with E-state index in [-0.39, 0.29) is 0 Å². The summed E-state index contributed by atoms with van der Waals surface area (Å²) in [5, 5.41) is 0. The molecule has 0 aromatic carbocycles. The molecule has 2 heterocycles. The Labute approximate surface area is 184 Å². The number of nitrogens with zero attached hydrogens (tertiary/aromatic N) is 2. The highest BCUT2D eigenvalue weighted by Crippen LogP contribution is 2.42. The van der Waals surface area contributed by atoms with Crippen molar-refractivity contribution < 1.29 is 0 Å². The van der Waals surface area contributed by atoms with E-state index >= 15 is 0 Å². The molecule has 0 spiro atoms. The Morgan fingerprint density at radius 3 is 2.37 bits per heavy atom. The zero-order valence-corrected chi connectivity index (χ0v) is 18.6. The van der Waals surface area contributed by atoms with Crippen LogP contribution < -0.4 is 0 Å². The Balaban J connectivity index is 1.72. The molecule has 0 radical (unpaired) electrons. The number of hydrogen-bond acceptors (Lipinski definition) is 2.